The normalized spacial score (nSPS) is 10.9. The Kier molecular flexibility index (Phi) is 6.55. The minimum Gasteiger partial charge on any atom is -0.326 e. The molecule has 2 amide bonds. The van der Waals surface area contributed by atoms with Gasteiger partial charge in [-0.25, -0.2) is 5.43 Å². The van der Waals surface area contributed by atoms with Crippen LogP contribution in [0, 0.1) is 10.1 Å². The molecule has 26 heavy (non-hydrogen) atoms. The number of amides is 2. The van der Waals surface area contributed by atoms with Crippen molar-refractivity contribution >= 4 is 28.9 Å². The molecule has 134 valence electrons. The summed E-state index contributed by atoms with van der Waals surface area (Å²) in [5, 5.41) is 17.4. The Morgan fingerprint density at radius 2 is 1.73 bits per heavy atom. The maximum atomic E-state index is 11.8. The Morgan fingerprint density at radius 3 is 2.42 bits per heavy atom. The molecular weight excluding hydrogens is 336 g/mol. The van der Waals surface area contributed by atoms with Crippen LogP contribution in [0.5, 0.6) is 0 Å². The van der Waals surface area contributed by atoms with Crippen molar-refractivity contribution in [3.05, 3.63) is 70.3 Å². The zero-order valence-electron chi connectivity index (χ0n) is 14.1. The summed E-state index contributed by atoms with van der Waals surface area (Å²) in [7, 11) is 0. The molecule has 2 rings (SSSR count). The molecule has 0 saturated heterocycles. The van der Waals surface area contributed by atoms with Crippen molar-refractivity contribution in [3.8, 4) is 0 Å². The highest BCUT2D eigenvalue weighted by atomic mass is 16.6. The van der Waals surface area contributed by atoms with Crippen molar-refractivity contribution in [3.63, 3.8) is 0 Å². The second-order valence-electron chi connectivity index (χ2n) is 5.45. The van der Waals surface area contributed by atoms with E-state index in [2.05, 4.69) is 15.8 Å². The van der Waals surface area contributed by atoms with E-state index in [1.165, 1.54) is 12.1 Å². The molecule has 0 unspecified atom stereocenters. The van der Waals surface area contributed by atoms with E-state index in [1.54, 1.807) is 43.3 Å². The van der Waals surface area contributed by atoms with Crippen LogP contribution in [-0.4, -0.2) is 22.4 Å². The third-order valence-electron chi connectivity index (χ3n) is 3.46. The van der Waals surface area contributed by atoms with Gasteiger partial charge in [-0.05, 0) is 19.1 Å². The first-order chi connectivity index (χ1) is 12.5. The van der Waals surface area contributed by atoms with E-state index in [0.717, 1.165) is 0 Å². The SMILES string of the molecule is C/C(=N\NC(=O)CCC(=O)Nc1ccccc1)c1cccc([N+](=O)[O-])c1. The summed E-state index contributed by atoms with van der Waals surface area (Å²) >= 11 is 0. The molecule has 8 nitrogen and oxygen atoms in total. The Bertz CT molecular complexity index is 834. The highest BCUT2D eigenvalue weighted by Crippen LogP contribution is 2.13. The van der Waals surface area contributed by atoms with Crippen molar-refractivity contribution in [2.75, 3.05) is 5.32 Å². The Balaban J connectivity index is 1.83. The molecule has 2 N–H and O–H groups in total. The first-order valence-electron chi connectivity index (χ1n) is 7.88. The predicted octanol–water partition coefficient (Wildman–Crippen LogP) is 2.85. The first-order valence-corrected chi connectivity index (χ1v) is 7.88. The van der Waals surface area contributed by atoms with Gasteiger partial charge >= 0.3 is 0 Å². The predicted molar refractivity (Wildman–Crippen MR) is 97.8 cm³/mol. The maximum absolute atomic E-state index is 11.8. The van der Waals surface area contributed by atoms with Crippen molar-refractivity contribution < 1.29 is 14.5 Å². The molecule has 0 aliphatic carbocycles. The number of anilines is 1. The number of carbonyl (C=O) groups excluding carboxylic acids is 2. The molecule has 8 heteroatoms. The number of nitro benzene ring substituents is 1. The quantitative estimate of drug-likeness (QED) is 0.452. The third-order valence-corrected chi connectivity index (χ3v) is 3.46. The van der Waals surface area contributed by atoms with Crippen LogP contribution in [0.4, 0.5) is 11.4 Å². The van der Waals surface area contributed by atoms with Gasteiger partial charge in [-0.15, -0.1) is 0 Å². The Morgan fingerprint density at radius 1 is 1.04 bits per heavy atom. The van der Waals surface area contributed by atoms with Crippen molar-refractivity contribution in [1.29, 1.82) is 0 Å². The number of hydrogen-bond acceptors (Lipinski definition) is 5. The summed E-state index contributed by atoms with van der Waals surface area (Å²) < 4.78 is 0. The van der Waals surface area contributed by atoms with Gasteiger partial charge < -0.3 is 5.32 Å². The molecule has 0 aromatic heterocycles. The molecule has 0 aliphatic rings. The van der Waals surface area contributed by atoms with Crippen molar-refractivity contribution in [2.24, 2.45) is 5.10 Å². The molecule has 0 aliphatic heterocycles. The van der Waals surface area contributed by atoms with E-state index < -0.39 is 10.8 Å². The molecule has 0 fully saturated rings. The number of non-ortho nitro benzene ring substituents is 1. The topological polar surface area (TPSA) is 114 Å². The second-order valence-corrected chi connectivity index (χ2v) is 5.45. The summed E-state index contributed by atoms with van der Waals surface area (Å²) in [6.45, 7) is 1.63. The minimum atomic E-state index is -0.499. The fourth-order valence-electron chi connectivity index (χ4n) is 2.08. The fraction of sp³-hybridized carbons (Fsp3) is 0.167. The Labute approximate surface area is 150 Å². The van der Waals surface area contributed by atoms with Gasteiger partial charge in [-0.3, -0.25) is 19.7 Å². The van der Waals surface area contributed by atoms with Crippen LogP contribution in [0.1, 0.15) is 25.3 Å². The number of carbonyl (C=O) groups is 2. The van der Waals surface area contributed by atoms with Crippen LogP contribution in [0.3, 0.4) is 0 Å². The zero-order chi connectivity index (χ0) is 18.9. The van der Waals surface area contributed by atoms with Crippen molar-refractivity contribution in [2.45, 2.75) is 19.8 Å². The first kappa shape index (κ1) is 18.8. The highest BCUT2D eigenvalue weighted by molar-refractivity contribution is 6.00. The minimum absolute atomic E-state index is 0.0199. The lowest BCUT2D eigenvalue weighted by molar-refractivity contribution is -0.384. The smallest absolute Gasteiger partial charge is 0.270 e. The summed E-state index contributed by atoms with van der Waals surface area (Å²) in [6.07, 6.45) is -0.00348. The molecular formula is C18H18N4O4. The number of hydrogen-bond donors (Lipinski definition) is 2. The number of rotatable bonds is 7. The standard InChI is InChI=1S/C18H18N4O4/c1-13(14-6-5-9-16(12-14)22(25)26)20-21-18(24)11-10-17(23)19-15-7-3-2-4-8-15/h2-9,12H,10-11H2,1H3,(H,19,23)(H,21,24)/b20-13+. The van der Waals surface area contributed by atoms with Gasteiger partial charge in [0.05, 0.1) is 10.6 Å². The molecule has 0 heterocycles. The van der Waals surface area contributed by atoms with Crippen LogP contribution >= 0.6 is 0 Å². The van der Waals surface area contributed by atoms with E-state index in [4.69, 9.17) is 0 Å². The van der Waals surface area contributed by atoms with Crippen LogP contribution in [0.2, 0.25) is 0 Å². The van der Waals surface area contributed by atoms with E-state index >= 15 is 0 Å². The highest BCUT2D eigenvalue weighted by Gasteiger charge is 2.09. The summed E-state index contributed by atoms with van der Waals surface area (Å²) in [5.74, 6) is -0.691. The summed E-state index contributed by atoms with van der Waals surface area (Å²) in [6, 6.07) is 14.9. The van der Waals surface area contributed by atoms with E-state index in [9.17, 15) is 19.7 Å². The lowest BCUT2D eigenvalue weighted by Crippen LogP contribution is -2.21. The van der Waals surface area contributed by atoms with Crippen molar-refractivity contribution in [1.82, 2.24) is 5.43 Å². The van der Waals surface area contributed by atoms with Crippen LogP contribution < -0.4 is 10.7 Å². The largest absolute Gasteiger partial charge is 0.326 e. The average molecular weight is 354 g/mol. The molecule has 2 aromatic rings. The van der Waals surface area contributed by atoms with Crippen LogP contribution in [0.15, 0.2) is 59.7 Å². The number of nitrogens with zero attached hydrogens (tertiary/aromatic N) is 2. The average Bonchev–Trinajstić information content (AvgIpc) is 2.65. The van der Waals surface area contributed by atoms with E-state index in [1.807, 2.05) is 6.07 Å². The molecule has 0 bridgehead atoms. The van der Waals surface area contributed by atoms with Crippen LogP contribution in [-0.2, 0) is 9.59 Å². The number of nitro groups is 1. The van der Waals surface area contributed by atoms with Gasteiger partial charge in [0.25, 0.3) is 5.69 Å². The molecule has 0 atom stereocenters. The lowest BCUT2D eigenvalue weighted by atomic mass is 10.1. The number of hydrazone groups is 1. The number of para-hydroxylation sites is 1. The Hall–Kier alpha value is -3.55. The molecule has 0 spiro atoms. The van der Waals surface area contributed by atoms with Gasteiger partial charge in [-0.1, -0.05) is 30.3 Å². The fourth-order valence-corrected chi connectivity index (χ4v) is 2.08. The summed E-state index contributed by atoms with van der Waals surface area (Å²) in [5.41, 5.74) is 3.91. The molecule has 0 radical (unpaired) electrons. The van der Waals surface area contributed by atoms with Gasteiger partial charge in [-0.2, -0.15) is 5.10 Å². The monoisotopic (exact) mass is 354 g/mol. The third kappa shape index (κ3) is 5.82. The number of nitrogens with one attached hydrogen (secondary N) is 2. The second kappa shape index (κ2) is 9.07. The van der Waals surface area contributed by atoms with E-state index in [0.29, 0.717) is 17.0 Å². The maximum Gasteiger partial charge on any atom is 0.270 e. The van der Waals surface area contributed by atoms with Crippen LogP contribution in [0.25, 0.3) is 0 Å². The van der Waals surface area contributed by atoms with Gasteiger partial charge in [0.1, 0.15) is 0 Å². The molecule has 0 saturated carbocycles. The van der Waals surface area contributed by atoms with Gasteiger partial charge in [0.2, 0.25) is 11.8 Å². The molecule has 2 aromatic carbocycles. The van der Waals surface area contributed by atoms with E-state index in [-0.39, 0.29) is 24.4 Å². The van der Waals surface area contributed by atoms with Gasteiger partial charge in [0.15, 0.2) is 0 Å². The summed E-state index contributed by atoms with van der Waals surface area (Å²) in [4.78, 5) is 33.9. The van der Waals surface area contributed by atoms with Gasteiger partial charge in [0, 0.05) is 36.2 Å². The number of benzene rings is 2. The zero-order valence-corrected chi connectivity index (χ0v) is 14.1. The lowest BCUT2D eigenvalue weighted by Gasteiger charge is -2.05.